The zero-order valence-electron chi connectivity index (χ0n) is 13.5. The second kappa shape index (κ2) is 7.09. The number of ether oxygens (including phenoxy) is 3. The van der Waals surface area contributed by atoms with Crippen LogP contribution in [0.15, 0.2) is 46.4 Å². The van der Waals surface area contributed by atoms with Gasteiger partial charge in [0.15, 0.2) is 17.3 Å². The lowest BCUT2D eigenvalue weighted by Crippen LogP contribution is -2.18. The predicted molar refractivity (Wildman–Crippen MR) is 96.1 cm³/mol. The maximum atomic E-state index is 12.6. The lowest BCUT2D eigenvalue weighted by atomic mass is 9.98. The Balaban J connectivity index is 1.98. The van der Waals surface area contributed by atoms with E-state index in [-0.39, 0.29) is 12.4 Å². The van der Waals surface area contributed by atoms with Crippen LogP contribution < -0.4 is 14.2 Å². The van der Waals surface area contributed by atoms with E-state index in [1.807, 2.05) is 37.3 Å². The van der Waals surface area contributed by atoms with Crippen LogP contribution in [0.2, 0.25) is 0 Å². The van der Waals surface area contributed by atoms with Crippen molar-refractivity contribution < 1.29 is 19.0 Å². The summed E-state index contributed by atoms with van der Waals surface area (Å²) in [5, 5.41) is 0. The summed E-state index contributed by atoms with van der Waals surface area (Å²) in [5.41, 5.74) is 2.03. The quantitative estimate of drug-likeness (QED) is 0.722. The van der Waals surface area contributed by atoms with Gasteiger partial charge in [-0.3, -0.25) is 4.79 Å². The summed E-state index contributed by atoms with van der Waals surface area (Å²) in [5.74, 6) is 1.88. The van der Waals surface area contributed by atoms with Crippen molar-refractivity contribution in [1.29, 1.82) is 0 Å². The number of carbonyl (C=O) groups excluding carboxylic acids is 1. The smallest absolute Gasteiger partial charge is 0.196 e. The first kappa shape index (κ1) is 16.6. The lowest BCUT2D eigenvalue weighted by Gasteiger charge is -2.19. The third-order valence-corrected chi connectivity index (χ3v) is 4.28. The number of benzene rings is 2. The highest BCUT2D eigenvalue weighted by molar-refractivity contribution is 9.10. The van der Waals surface area contributed by atoms with Gasteiger partial charge < -0.3 is 14.2 Å². The molecule has 1 aliphatic heterocycles. The van der Waals surface area contributed by atoms with Gasteiger partial charge in [-0.15, -0.1) is 0 Å². The monoisotopic (exact) mass is 388 g/mol. The first-order chi connectivity index (χ1) is 11.6. The Kier molecular flexibility index (Phi) is 4.90. The molecule has 0 spiro atoms. The first-order valence-corrected chi connectivity index (χ1v) is 8.40. The minimum atomic E-state index is -0.0131. The second-order valence-corrected chi connectivity index (χ2v) is 6.10. The number of carbonyl (C=O) groups is 1. The van der Waals surface area contributed by atoms with Gasteiger partial charge in [0.05, 0.1) is 23.8 Å². The van der Waals surface area contributed by atoms with Crippen LogP contribution in [-0.4, -0.2) is 26.1 Å². The molecule has 124 valence electrons. The van der Waals surface area contributed by atoms with E-state index in [0.29, 0.717) is 35.0 Å². The maximum absolute atomic E-state index is 12.6. The van der Waals surface area contributed by atoms with Crippen LogP contribution in [0.5, 0.6) is 17.2 Å². The molecule has 5 heteroatoms. The van der Waals surface area contributed by atoms with Crippen LogP contribution in [0.1, 0.15) is 22.8 Å². The minimum absolute atomic E-state index is 0.0131. The Morgan fingerprint density at radius 1 is 1.29 bits per heavy atom. The fourth-order valence-electron chi connectivity index (χ4n) is 2.59. The van der Waals surface area contributed by atoms with E-state index in [1.165, 1.54) is 0 Å². The van der Waals surface area contributed by atoms with Gasteiger partial charge in [0.2, 0.25) is 0 Å². The van der Waals surface area contributed by atoms with E-state index in [0.717, 1.165) is 10.0 Å². The SMILES string of the molecule is CCOc1c(Br)cc(/C=C2/COc3ccccc3C2=O)cc1OC. The number of para-hydroxylation sites is 1. The zero-order chi connectivity index (χ0) is 17.1. The number of Topliss-reactive ketones (excluding diaryl/α,β-unsaturated/α-hetero) is 1. The molecule has 2 aromatic carbocycles. The molecule has 24 heavy (non-hydrogen) atoms. The van der Waals surface area contributed by atoms with Crippen molar-refractivity contribution in [1.82, 2.24) is 0 Å². The number of rotatable bonds is 4. The molecule has 0 bridgehead atoms. The molecule has 0 saturated heterocycles. The number of hydrogen-bond acceptors (Lipinski definition) is 4. The van der Waals surface area contributed by atoms with E-state index >= 15 is 0 Å². The van der Waals surface area contributed by atoms with Crippen molar-refractivity contribution >= 4 is 27.8 Å². The molecule has 0 amide bonds. The molecule has 1 heterocycles. The topological polar surface area (TPSA) is 44.8 Å². The molecule has 0 atom stereocenters. The summed E-state index contributed by atoms with van der Waals surface area (Å²) < 4.78 is 17.4. The third-order valence-electron chi connectivity index (χ3n) is 3.69. The van der Waals surface area contributed by atoms with Crippen LogP contribution in [0, 0.1) is 0 Å². The molecule has 1 aliphatic rings. The third kappa shape index (κ3) is 3.17. The molecule has 0 radical (unpaired) electrons. The molecule has 0 saturated carbocycles. The van der Waals surface area contributed by atoms with Crippen molar-refractivity contribution in [2.75, 3.05) is 20.3 Å². The van der Waals surface area contributed by atoms with Gasteiger partial charge in [0.25, 0.3) is 0 Å². The molecule has 0 N–H and O–H groups in total. The summed E-state index contributed by atoms with van der Waals surface area (Å²) in [7, 11) is 1.59. The number of halogens is 1. The number of ketones is 1. The van der Waals surface area contributed by atoms with Gasteiger partial charge in [-0.1, -0.05) is 12.1 Å². The second-order valence-electron chi connectivity index (χ2n) is 5.25. The predicted octanol–water partition coefficient (Wildman–Crippen LogP) is 4.52. The van der Waals surface area contributed by atoms with Gasteiger partial charge in [0.1, 0.15) is 12.4 Å². The van der Waals surface area contributed by atoms with E-state index in [2.05, 4.69) is 15.9 Å². The van der Waals surface area contributed by atoms with Crippen molar-refractivity contribution in [3.05, 3.63) is 57.6 Å². The molecular formula is C19H17BrO4. The highest BCUT2D eigenvalue weighted by Gasteiger charge is 2.23. The Morgan fingerprint density at radius 2 is 2.08 bits per heavy atom. The van der Waals surface area contributed by atoms with Crippen molar-refractivity contribution in [2.45, 2.75) is 6.92 Å². The van der Waals surface area contributed by atoms with E-state index in [1.54, 1.807) is 19.2 Å². The van der Waals surface area contributed by atoms with Crippen LogP contribution in [0.4, 0.5) is 0 Å². The molecule has 4 nitrogen and oxygen atoms in total. The lowest BCUT2D eigenvalue weighted by molar-refractivity contribution is 0.100. The zero-order valence-corrected chi connectivity index (χ0v) is 15.1. The fraction of sp³-hybridized carbons (Fsp3) is 0.211. The molecule has 0 aliphatic carbocycles. The molecule has 0 unspecified atom stereocenters. The molecular weight excluding hydrogens is 372 g/mol. The van der Waals surface area contributed by atoms with Crippen LogP contribution in [0.3, 0.4) is 0 Å². The molecule has 0 aromatic heterocycles. The van der Waals surface area contributed by atoms with Crippen LogP contribution >= 0.6 is 15.9 Å². The van der Waals surface area contributed by atoms with Gasteiger partial charge in [-0.2, -0.15) is 0 Å². The Labute approximate surface area is 149 Å². The summed E-state index contributed by atoms with van der Waals surface area (Å²) in [4.78, 5) is 12.6. The molecule has 3 rings (SSSR count). The van der Waals surface area contributed by atoms with Gasteiger partial charge in [-0.05, 0) is 58.8 Å². The van der Waals surface area contributed by atoms with E-state index in [4.69, 9.17) is 14.2 Å². The van der Waals surface area contributed by atoms with Crippen molar-refractivity contribution in [3.63, 3.8) is 0 Å². The van der Waals surface area contributed by atoms with Gasteiger partial charge in [-0.25, -0.2) is 0 Å². The number of methoxy groups -OCH3 is 1. The van der Waals surface area contributed by atoms with Crippen LogP contribution in [-0.2, 0) is 0 Å². The highest BCUT2D eigenvalue weighted by atomic mass is 79.9. The largest absolute Gasteiger partial charge is 0.493 e. The average Bonchev–Trinajstić information content (AvgIpc) is 2.60. The highest BCUT2D eigenvalue weighted by Crippen LogP contribution is 2.37. The Hall–Kier alpha value is -2.27. The standard InChI is InChI=1S/C19H17BrO4/c1-3-23-19-15(20)9-12(10-17(19)22-2)8-13-11-24-16-7-5-4-6-14(16)18(13)21/h4-10H,3,11H2,1-2H3/b13-8-. The van der Waals surface area contributed by atoms with Crippen molar-refractivity contribution in [2.24, 2.45) is 0 Å². The number of hydrogen-bond donors (Lipinski definition) is 0. The molecule has 0 fully saturated rings. The maximum Gasteiger partial charge on any atom is 0.196 e. The van der Waals surface area contributed by atoms with Crippen LogP contribution in [0.25, 0.3) is 6.08 Å². The van der Waals surface area contributed by atoms with Gasteiger partial charge >= 0.3 is 0 Å². The van der Waals surface area contributed by atoms with Crippen molar-refractivity contribution in [3.8, 4) is 17.2 Å². The summed E-state index contributed by atoms with van der Waals surface area (Å²) >= 11 is 3.50. The van der Waals surface area contributed by atoms with E-state index < -0.39 is 0 Å². The van der Waals surface area contributed by atoms with Gasteiger partial charge in [0, 0.05) is 5.57 Å². The normalized spacial score (nSPS) is 15.0. The fourth-order valence-corrected chi connectivity index (χ4v) is 3.16. The Morgan fingerprint density at radius 3 is 2.83 bits per heavy atom. The minimum Gasteiger partial charge on any atom is -0.493 e. The Bertz CT molecular complexity index is 811. The molecule has 2 aromatic rings. The summed E-state index contributed by atoms with van der Waals surface area (Å²) in [6, 6.07) is 11.0. The number of fused-ring (bicyclic) bond motifs is 1. The summed E-state index contributed by atoms with van der Waals surface area (Å²) in [6.45, 7) is 2.71. The van der Waals surface area contributed by atoms with E-state index in [9.17, 15) is 4.79 Å². The average molecular weight is 389 g/mol. The summed E-state index contributed by atoms with van der Waals surface area (Å²) in [6.07, 6.45) is 1.82. The first-order valence-electron chi connectivity index (χ1n) is 7.61.